The second kappa shape index (κ2) is 6.99. The van der Waals surface area contributed by atoms with Crippen LogP contribution in [0, 0.1) is 0 Å². The first-order valence-corrected chi connectivity index (χ1v) is 7.31. The first kappa shape index (κ1) is 13.7. The van der Waals surface area contributed by atoms with E-state index in [0.717, 1.165) is 11.5 Å². The van der Waals surface area contributed by atoms with Gasteiger partial charge in [-0.15, -0.1) is 0 Å². The quantitative estimate of drug-likeness (QED) is 0.750. The van der Waals surface area contributed by atoms with Gasteiger partial charge in [-0.3, -0.25) is 9.59 Å². The van der Waals surface area contributed by atoms with Crippen molar-refractivity contribution in [2.75, 3.05) is 11.5 Å². The fourth-order valence-electron chi connectivity index (χ4n) is 1.72. The minimum atomic E-state index is 0.0300. The first-order chi connectivity index (χ1) is 9.27. The third-order valence-corrected chi connectivity index (χ3v) is 3.69. The maximum atomic E-state index is 11.5. The second-order valence-electron chi connectivity index (χ2n) is 4.08. The highest BCUT2D eigenvalue weighted by Crippen LogP contribution is 2.01. The van der Waals surface area contributed by atoms with E-state index in [4.69, 9.17) is 0 Å². The standard InChI is InChI=1S/C14H16N2O2S/c17-13-5-1-3-7-15(13)9-11-19-12-10-16-8-4-2-6-14(16)18/h1-8H,9-12H2. The number of rotatable bonds is 6. The second-order valence-corrected chi connectivity index (χ2v) is 5.30. The van der Waals surface area contributed by atoms with Crippen molar-refractivity contribution >= 4 is 11.8 Å². The van der Waals surface area contributed by atoms with Gasteiger partial charge in [-0.2, -0.15) is 11.8 Å². The molecule has 0 amide bonds. The lowest BCUT2D eigenvalue weighted by molar-refractivity contribution is 0.723. The average molecular weight is 276 g/mol. The van der Waals surface area contributed by atoms with Crippen LogP contribution in [0.15, 0.2) is 58.4 Å². The third-order valence-electron chi connectivity index (χ3n) is 2.75. The Bertz CT molecular complexity index is 578. The number of pyridine rings is 2. The minimum Gasteiger partial charge on any atom is -0.315 e. The van der Waals surface area contributed by atoms with Gasteiger partial charge in [0, 0.05) is 49.1 Å². The molecule has 0 spiro atoms. The Balaban J connectivity index is 1.74. The summed E-state index contributed by atoms with van der Waals surface area (Å²) in [5.74, 6) is 1.73. The van der Waals surface area contributed by atoms with Gasteiger partial charge in [0.2, 0.25) is 0 Å². The van der Waals surface area contributed by atoms with Crippen molar-refractivity contribution in [2.24, 2.45) is 0 Å². The molecule has 0 unspecified atom stereocenters. The summed E-state index contributed by atoms with van der Waals surface area (Å²) in [6.45, 7) is 1.40. The van der Waals surface area contributed by atoms with Crippen LogP contribution >= 0.6 is 11.8 Å². The molecular formula is C14H16N2O2S. The first-order valence-electron chi connectivity index (χ1n) is 6.16. The molecule has 0 aromatic carbocycles. The van der Waals surface area contributed by atoms with Gasteiger partial charge in [0.05, 0.1) is 0 Å². The molecule has 0 fully saturated rings. The molecular weight excluding hydrogens is 260 g/mol. The van der Waals surface area contributed by atoms with E-state index in [9.17, 15) is 9.59 Å². The van der Waals surface area contributed by atoms with Crippen LogP contribution in [0.3, 0.4) is 0 Å². The Morgan fingerprint density at radius 3 is 1.68 bits per heavy atom. The highest BCUT2D eigenvalue weighted by atomic mass is 32.2. The van der Waals surface area contributed by atoms with Crippen molar-refractivity contribution in [1.82, 2.24) is 9.13 Å². The van der Waals surface area contributed by atoms with Crippen LogP contribution in [-0.4, -0.2) is 20.6 Å². The average Bonchev–Trinajstić information content (AvgIpc) is 2.42. The van der Waals surface area contributed by atoms with E-state index in [0.29, 0.717) is 13.1 Å². The lowest BCUT2D eigenvalue weighted by atomic mass is 10.5. The maximum absolute atomic E-state index is 11.5. The van der Waals surface area contributed by atoms with Crippen LogP contribution in [0.4, 0.5) is 0 Å². The lowest BCUT2D eigenvalue weighted by Crippen LogP contribution is -2.20. The highest BCUT2D eigenvalue weighted by molar-refractivity contribution is 7.99. The van der Waals surface area contributed by atoms with Gasteiger partial charge >= 0.3 is 0 Å². The fraction of sp³-hybridized carbons (Fsp3) is 0.286. The largest absolute Gasteiger partial charge is 0.315 e. The maximum Gasteiger partial charge on any atom is 0.250 e. The summed E-state index contributed by atoms with van der Waals surface area (Å²) in [5, 5.41) is 0. The van der Waals surface area contributed by atoms with E-state index in [-0.39, 0.29) is 11.1 Å². The number of hydrogen-bond acceptors (Lipinski definition) is 3. The van der Waals surface area contributed by atoms with E-state index in [1.807, 2.05) is 12.1 Å². The Morgan fingerprint density at radius 1 is 0.789 bits per heavy atom. The van der Waals surface area contributed by atoms with Crippen LogP contribution in [-0.2, 0) is 13.1 Å². The van der Waals surface area contributed by atoms with Gasteiger partial charge < -0.3 is 9.13 Å². The Kier molecular flexibility index (Phi) is 5.03. The summed E-state index contributed by atoms with van der Waals surface area (Å²) in [5.41, 5.74) is 0.0600. The summed E-state index contributed by atoms with van der Waals surface area (Å²) < 4.78 is 3.39. The predicted octanol–water partition coefficient (Wildman–Crippen LogP) is 1.44. The molecule has 19 heavy (non-hydrogen) atoms. The number of aromatic nitrogens is 2. The van der Waals surface area contributed by atoms with Gasteiger partial charge in [-0.05, 0) is 12.1 Å². The number of aryl methyl sites for hydroxylation is 2. The molecule has 4 nitrogen and oxygen atoms in total. The Hall–Kier alpha value is -1.75. The molecule has 2 rings (SSSR count). The summed E-state index contributed by atoms with van der Waals surface area (Å²) in [4.78, 5) is 22.9. The van der Waals surface area contributed by atoms with Gasteiger partial charge in [0.1, 0.15) is 0 Å². The van der Waals surface area contributed by atoms with Crippen molar-refractivity contribution < 1.29 is 0 Å². The van der Waals surface area contributed by atoms with Crippen molar-refractivity contribution in [3.63, 3.8) is 0 Å². The van der Waals surface area contributed by atoms with E-state index in [1.54, 1.807) is 57.6 Å². The smallest absolute Gasteiger partial charge is 0.250 e. The molecule has 0 aliphatic rings. The molecule has 5 heteroatoms. The van der Waals surface area contributed by atoms with Crippen LogP contribution < -0.4 is 11.1 Å². The molecule has 0 aliphatic carbocycles. The molecule has 0 saturated carbocycles. The molecule has 0 aliphatic heterocycles. The predicted molar refractivity (Wildman–Crippen MR) is 78.7 cm³/mol. The number of thioether (sulfide) groups is 1. The van der Waals surface area contributed by atoms with E-state index >= 15 is 0 Å². The molecule has 0 saturated heterocycles. The summed E-state index contributed by atoms with van der Waals surface area (Å²) in [6.07, 6.45) is 3.59. The third kappa shape index (κ3) is 4.13. The normalized spacial score (nSPS) is 10.5. The fourth-order valence-corrected chi connectivity index (χ4v) is 2.57. The topological polar surface area (TPSA) is 44.0 Å². The highest BCUT2D eigenvalue weighted by Gasteiger charge is 1.96. The van der Waals surface area contributed by atoms with E-state index < -0.39 is 0 Å². The summed E-state index contributed by atoms with van der Waals surface area (Å²) in [7, 11) is 0. The molecule has 2 aromatic rings. The molecule has 0 bridgehead atoms. The summed E-state index contributed by atoms with van der Waals surface area (Å²) in [6, 6.07) is 10.3. The summed E-state index contributed by atoms with van der Waals surface area (Å²) >= 11 is 1.74. The lowest BCUT2D eigenvalue weighted by Gasteiger charge is -2.06. The van der Waals surface area contributed by atoms with Gasteiger partial charge in [0.25, 0.3) is 11.1 Å². The van der Waals surface area contributed by atoms with Crippen molar-refractivity contribution in [3.8, 4) is 0 Å². The zero-order valence-corrected chi connectivity index (χ0v) is 11.4. The van der Waals surface area contributed by atoms with Gasteiger partial charge in [0.15, 0.2) is 0 Å². The number of hydrogen-bond donors (Lipinski definition) is 0. The van der Waals surface area contributed by atoms with Crippen molar-refractivity contribution in [3.05, 3.63) is 69.5 Å². The van der Waals surface area contributed by atoms with Crippen LogP contribution in [0.2, 0.25) is 0 Å². The number of nitrogens with zero attached hydrogens (tertiary/aromatic N) is 2. The van der Waals surface area contributed by atoms with E-state index in [2.05, 4.69) is 0 Å². The van der Waals surface area contributed by atoms with Gasteiger partial charge in [-0.25, -0.2) is 0 Å². The molecule has 0 atom stereocenters. The molecule has 0 radical (unpaired) electrons. The monoisotopic (exact) mass is 276 g/mol. The zero-order valence-electron chi connectivity index (χ0n) is 10.6. The van der Waals surface area contributed by atoms with Crippen molar-refractivity contribution in [1.29, 1.82) is 0 Å². The van der Waals surface area contributed by atoms with Crippen LogP contribution in [0.25, 0.3) is 0 Å². The minimum absolute atomic E-state index is 0.0300. The molecule has 2 heterocycles. The van der Waals surface area contributed by atoms with Gasteiger partial charge in [-0.1, -0.05) is 12.1 Å². The Labute approximate surface area is 115 Å². The molecule has 0 N–H and O–H groups in total. The van der Waals surface area contributed by atoms with E-state index in [1.165, 1.54) is 0 Å². The SMILES string of the molecule is O=c1ccccn1CCSCCn1ccccc1=O. The van der Waals surface area contributed by atoms with Crippen molar-refractivity contribution in [2.45, 2.75) is 13.1 Å². The van der Waals surface area contributed by atoms with Crippen LogP contribution in [0.5, 0.6) is 0 Å². The van der Waals surface area contributed by atoms with Crippen LogP contribution in [0.1, 0.15) is 0 Å². The zero-order chi connectivity index (χ0) is 13.5. The Morgan fingerprint density at radius 2 is 1.26 bits per heavy atom. The molecule has 2 aromatic heterocycles. The molecule has 100 valence electrons.